The van der Waals surface area contributed by atoms with E-state index in [1.54, 1.807) is 6.20 Å². The van der Waals surface area contributed by atoms with Gasteiger partial charge < -0.3 is 15.6 Å². The Kier molecular flexibility index (Phi) is 6.42. The molecule has 1 aromatic carbocycles. The Hall–Kier alpha value is -2.41. The second-order valence-corrected chi connectivity index (χ2v) is 13.7. The van der Waals surface area contributed by atoms with Gasteiger partial charge in [-0.3, -0.25) is 4.79 Å². The molecular formula is C29H39N3O3S. The van der Waals surface area contributed by atoms with Gasteiger partial charge in [0, 0.05) is 22.9 Å². The summed E-state index contributed by atoms with van der Waals surface area (Å²) in [4.78, 5) is 18.1. The Labute approximate surface area is 218 Å². The van der Waals surface area contributed by atoms with Crippen LogP contribution in [-0.4, -0.2) is 26.9 Å². The maximum atomic E-state index is 12.7. The molecule has 0 aliphatic heterocycles. The number of aromatic nitrogens is 1. The first kappa shape index (κ1) is 25.2. The van der Waals surface area contributed by atoms with E-state index in [0.29, 0.717) is 41.0 Å². The molecule has 36 heavy (non-hydrogen) atoms. The van der Waals surface area contributed by atoms with Gasteiger partial charge >= 0.3 is 0 Å². The fourth-order valence-corrected chi connectivity index (χ4v) is 8.30. The Balaban J connectivity index is 1.40. The van der Waals surface area contributed by atoms with Crippen LogP contribution in [0.15, 0.2) is 23.5 Å². The van der Waals surface area contributed by atoms with E-state index < -0.39 is 0 Å². The van der Waals surface area contributed by atoms with E-state index >= 15 is 0 Å². The van der Waals surface area contributed by atoms with E-state index in [1.807, 2.05) is 13.0 Å². The second kappa shape index (κ2) is 9.16. The molecule has 0 spiro atoms. The minimum Gasteiger partial charge on any atom is -0.508 e. The summed E-state index contributed by atoms with van der Waals surface area (Å²) in [5.74, 6) is 2.06. The molecule has 3 unspecified atom stereocenters. The molecule has 5 rings (SSSR count). The standard InChI is InChI=1S/C29H39N3O3S/c1-16-15-30-27(36-16)31-25(34)9-7-18-13-24(32-35)29(5)11-10-19-20(26(18)29)8-6-17-12-23(33)22(14-21(17)19)28(2,3)4/h12,14-15,18-20,26,33,35H,6-11,13H2,1-5H3,(H,30,31,34)/b32-24+/t18-,19?,20?,26?,29-/m1/s1. The molecule has 6 nitrogen and oxygen atoms in total. The molecule has 0 bridgehead atoms. The molecular weight excluding hydrogens is 470 g/mol. The molecule has 194 valence electrons. The summed E-state index contributed by atoms with van der Waals surface area (Å²) < 4.78 is 0. The van der Waals surface area contributed by atoms with Crippen molar-refractivity contribution in [3.8, 4) is 5.75 Å². The number of carbonyl (C=O) groups is 1. The first-order chi connectivity index (χ1) is 17.0. The number of anilines is 1. The molecule has 1 amide bonds. The van der Waals surface area contributed by atoms with Crippen LogP contribution in [0.1, 0.15) is 93.7 Å². The second-order valence-electron chi connectivity index (χ2n) is 12.5. The number of phenolic OH excluding ortho intramolecular Hbond substituents is 1. The van der Waals surface area contributed by atoms with E-state index in [0.717, 1.165) is 54.7 Å². The first-order valence-corrected chi connectivity index (χ1v) is 14.1. The van der Waals surface area contributed by atoms with Gasteiger partial charge in [0.15, 0.2) is 5.13 Å². The van der Waals surface area contributed by atoms with Crippen molar-refractivity contribution in [2.75, 3.05) is 5.32 Å². The molecule has 7 heteroatoms. The Morgan fingerprint density at radius 3 is 2.75 bits per heavy atom. The number of oxime groups is 1. The molecule has 1 heterocycles. The predicted octanol–water partition coefficient (Wildman–Crippen LogP) is 6.79. The van der Waals surface area contributed by atoms with Crippen LogP contribution in [0.2, 0.25) is 0 Å². The average molecular weight is 510 g/mol. The smallest absolute Gasteiger partial charge is 0.226 e. The van der Waals surface area contributed by atoms with E-state index in [9.17, 15) is 15.1 Å². The molecule has 1 aromatic heterocycles. The maximum Gasteiger partial charge on any atom is 0.226 e. The first-order valence-electron chi connectivity index (χ1n) is 13.3. The average Bonchev–Trinajstić information content (AvgIpc) is 3.35. The summed E-state index contributed by atoms with van der Waals surface area (Å²) in [7, 11) is 0. The highest BCUT2D eigenvalue weighted by atomic mass is 32.1. The summed E-state index contributed by atoms with van der Waals surface area (Å²) in [6.07, 6.45) is 7.87. The van der Waals surface area contributed by atoms with E-state index in [1.165, 1.54) is 22.5 Å². The maximum absolute atomic E-state index is 12.7. The van der Waals surface area contributed by atoms with Crippen LogP contribution < -0.4 is 5.32 Å². The Morgan fingerprint density at radius 2 is 2.08 bits per heavy atom. The number of thiazole rings is 1. The topological polar surface area (TPSA) is 94.8 Å². The number of phenols is 1. The zero-order valence-corrected chi connectivity index (χ0v) is 22.9. The Morgan fingerprint density at radius 1 is 1.31 bits per heavy atom. The van der Waals surface area contributed by atoms with Gasteiger partial charge in [0.2, 0.25) is 5.91 Å². The van der Waals surface area contributed by atoms with Crippen LogP contribution in [0.4, 0.5) is 5.13 Å². The molecule has 3 aliphatic carbocycles. The molecule has 2 aromatic rings. The fourth-order valence-electron chi connectivity index (χ4n) is 7.62. The van der Waals surface area contributed by atoms with E-state index in [4.69, 9.17) is 0 Å². The molecule has 2 saturated carbocycles. The van der Waals surface area contributed by atoms with Gasteiger partial charge in [-0.2, -0.15) is 0 Å². The summed E-state index contributed by atoms with van der Waals surface area (Å²) in [5, 5.41) is 28.1. The van der Waals surface area contributed by atoms with E-state index in [2.05, 4.69) is 49.2 Å². The number of amides is 1. The van der Waals surface area contributed by atoms with Crippen LogP contribution in [0.3, 0.4) is 0 Å². The third-order valence-electron chi connectivity index (χ3n) is 9.25. The number of hydrogen-bond donors (Lipinski definition) is 3. The highest BCUT2D eigenvalue weighted by Gasteiger charge is 2.57. The van der Waals surface area contributed by atoms with Gasteiger partial charge in [-0.15, -0.1) is 11.3 Å². The summed E-state index contributed by atoms with van der Waals surface area (Å²) in [6.45, 7) is 10.7. The number of hydrogen-bond acceptors (Lipinski definition) is 6. The normalized spacial score (nSPS) is 30.5. The van der Waals surface area contributed by atoms with Crippen molar-refractivity contribution >= 4 is 28.1 Å². The lowest BCUT2D eigenvalue weighted by atomic mass is 9.53. The summed E-state index contributed by atoms with van der Waals surface area (Å²) in [6, 6.07) is 4.29. The van der Waals surface area contributed by atoms with Crippen LogP contribution >= 0.6 is 11.3 Å². The van der Waals surface area contributed by atoms with Crippen LogP contribution in [0, 0.1) is 30.1 Å². The zero-order chi connectivity index (χ0) is 25.8. The van der Waals surface area contributed by atoms with Gasteiger partial charge in [0.05, 0.1) is 5.71 Å². The summed E-state index contributed by atoms with van der Waals surface area (Å²) in [5.41, 5.74) is 4.38. The van der Waals surface area contributed by atoms with Gasteiger partial charge in [0.1, 0.15) is 5.75 Å². The number of fused-ring (bicyclic) bond motifs is 5. The molecule has 5 atom stereocenters. The molecule has 0 saturated heterocycles. The number of nitrogens with zero attached hydrogens (tertiary/aromatic N) is 2. The SMILES string of the molecule is Cc1cnc(NC(=O)CC[C@@H]2C/C(=N\O)[C@@]3(C)CCC4c5cc(C(C)(C)C)c(O)cc5CCC4C23)s1. The number of rotatable bonds is 4. The van der Waals surface area contributed by atoms with Crippen molar-refractivity contribution in [2.24, 2.45) is 28.3 Å². The van der Waals surface area contributed by atoms with Crippen LogP contribution in [0.25, 0.3) is 0 Å². The van der Waals surface area contributed by atoms with Crippen LogP contribution in [0.5, 0.6) is 5.75 Å². The van der Waals surface area contributed by atoms with E-state index in [-0.39, 0.29) is 16.7 Å². The minimum absolute atomic E-state index is 0.00656. The lowest BCUT2D eigenvalue weighted by Gasteiger charge is -2.50. The van der Waals surface area contributed by atoms with Crippen molar-refractivity contribution in [3.05, 3.63) is 39.9 Å². The molecule has 3 N–H and O–H groups in total. The van der Waals surface area contributed by atoms with Crippen LogP contribution in [-0.2, 0) is 16.6 Å². The number of aryl methyl sites for hydroxylation is 2. The minimum atomic E-state index is -0.120. The van der Waals surface area contributed by atoms with Gasteiger partial charge in [-0.05, 0) is 97.3 Å². The third kappa shape index (κ3) is 4.33. The van der Waals surface area contributed by atoms with Gasteiger partial charge in [-0.1, -0.05) is 38.9 Å². The van der Waals surface area contributed by atoms with Crippen molar-refractivity contribution in [1.82, 2.24) is 4.98 Å². The van der Waals surface area contributed by atoms with Gasteiger partial charge in [-0.25, -0.2) is 4.98 Å². The number of benzene rings is 1. The lowest BCUT2D eigenvalue weighted by molar-refractivity contribution is -0.116. The number of carbonyl (C=O) groups excluding carboxylic acids is 1. The van der Waals surface area contributed by atoms with Crippen molar-refractivity contribution in [2.45, 2.75) is 90.9 Å². The quantitative estimate of drug-likeness (QED) is 0.312. The molecule has 3 aliphatic rings. The number of nitrogens with one attached hydrogen (secondary N) is 1. The third-order valence-corrected chi connectivity index (χ3v) is 10.1. The predicted molar refractivity (Wildman–Crippen MR) is 144 cm³/mol. The molecule has 0 radical (unpaired) electrons. The monoisotopic (exact) mass is 509 g/mol. The molecule has 2 fully saturated rings. The Bertz CT molecular complexity index is 1200. The van der Waals surface area contributed by atoms with Crippen molar-refractivity contribution in [3.63, 3.8) is 0 Å². The summed E-state index contributed by atoms with van der Waals surface area (Å²) >= 11 is 1.49. The number of aromatic hydroxyl groups is 1. The van der Waals surface area contributed by atoms with Gasteiger partial charge in [0.25, 0.3) is 0 Å². The zero-order valence-electron chi connectivity index (χ0n) is 22.1. The van der Waals surface area contributed by atoms with Crippen molar-refractivity contribution < 1.29 is 15.1 Å². The van der Waals surface area contributed by atoms with Crippen molar-refractivity contribution in [1.29, 1.82) is 0 Å². The fraction of sp³-hybridized carbons (Fsp3) is 0.621. The highest BCUT2D eigenvalue weighted by Crippen LogP contribution is 2.62. The highest BCUT2D eigenvalue weighted by molar-refractivity contribution is 7.15. The lowest BCUT2D eigenvalue weighted by Crippen LogP contribution is -2.44. The largest absolute Gasteiger partial charge is 0.508 e.